The SMILES string of the molecule is CC(=N)C=C(C)C. The summed E-state index contributed by atoms with van der Waals surface area (Å²) in [6, 6.07) is 0. The number of allylic oxidation sites excluding steroid dienone is 2. The van der Waals surface area contributed by atoms with Crippen LogP contribution in [0.1, 0.15) is 20.8 Å². The Morgan fingerprint density at radius 3 is 1.71 bits per heavy atom. The van der Waals surface area contributed by atoms with Crippen LogP contribution in [0.2, 0.25) is 0 Å². The minimum absolute atomic E-state index is 0.625. The highest BCUT2D eigenvalue weighted by Gasteiger charge is 1.75. The fourth-order valence-corrected chi connectivity index (χ4v) is 0.433. The van der Waals surface area contributed by atoms with Crippen LogP contribution in [0.4, 0.5) is 0 Å². The molecule has 0 saturated heterocycles. The molecular formula is C6H11N. The Labute approximate surface area is 44.6 Å². The summed E-state index contributed by atoms with van der Waals surface area (Å²) in [6.45, 7) is 5.74. The highest BCUT2D eigenvalue weighted by molar-refractivity contribution is 5.90. The van der Waals surface area contributed by atoms with Gasteiger partial charge in [0.15, 0.2) is 0 Å². The molecule has 0 rings (SSSR count). The van der Waals surface area contributed by atoms with E-state index in [-0.39, 0.29) is 0 Å². The average Bonchev–Trinajstić information content (AvgIpc) is 1.27. The highest BCUT2D eigenvalue weighted by atomic mass is 14.4. The molecule has 0 bridgehead atoms. The summed E-state index contributed by atoms with van der Waals surface area (Å²) in [5, 5.41) is 6.95. The summed E-state index contributed by atoms with van der Waals surface area (Å²) in [7, 11) is 0. The Morgan fingerprint density at radius 1 is 1.29 bits per heavy atom. The van der Waals surface area contributed by atoms with E-state index < -0.39 is 0 Å². The lowest BCUT2D eigenvalue weighted by atomic mass is 10.3. The van der Waals surface area contributed by atoms with Gasteiger partial charge in [-0.3, -0.25) is 0 Å². The van der Waals surface area contributed by atoms with Crippen molar-refractivity contribution in [3.8, 4) is 0 Å². The van der Waals surface area contributed by atoms with Crippen LogP contribution in [-0.2, 0) is 0 Å². The number of rotatable bonds is 1. The van der Waals surface area contributed by atoms with Gasteiger partial charge < -0.3 is 5.41 Å². The third kappa shape index (κ3) is 5.41. The zero-order chi connectivity index (χ0) is 5.86. The number of hydrogen-bond acceptors (Lipinski definition) is 1. The zero-order valence-corrected chi connectivity index (χ0v) is 5.08. The van der Waals surface area contributed by atoms with Crippen molar-refractivity contribution in [2.45, 2.75) is 20.8 Å². The van der Waals surface area contributed by atoms with Crippen LogP contribution in [0, 0.1) is 5.41 Å². The molecular weight excluding hydrogens is 86.1 g/mol. The second-order valence-electron chi connectivity index (χ2n) is 1.90. The van der Waals surface area contributed by atoms with Gasteiger partial charge in [-0.1, -0.05) is 5.57 Å². The molecule has 0 aromatic carbocycles. The summed E-state index contributed by atoms with van der Waals surface area (Å²) in [5.74, 6) is 0. The molecule has 0 aliphatic carbocycles. The predicted molar refractivity (Wildman–Crippen MR) is 32.8 cm³/mol. The van der Waals surface area contributed by atoms with Gasteiger partial charge in [0.05, 0.1) is 0 Å². The smallest absolute Gasteiger partial charge is 0.0282 e. The summed E-state index contributed by atoms with van der Waals surface area (Å²) in [6.07, 6.45) is 1.83. The van der Waals surface area contributed by atoms with Crippen LogP contribution in [0.25, 0.3) is 0 Å². The zero-order valence-electron chi connectivity index (χ0n) is 5.08. The third-order valence-corrected chi connectivity index (χ3v) is 0.505. The molecule has 0 saturated carbocycles. The summed E-state index contributed by atoms with van der Waals surface area (Å²) in [4.78, 5) is 0. The fraction of sp³-hybridized carbons (Fsp3) is 0.500. The van der Waals surface area contributed by atoms with E-state index in [4.69, 9.17) is 5.41 Å². The van der Waals surface area contributed by atoms with Gasteiger partial charge in [0.1, 0.15) is 0 Å². The van der Waals surface area contributed by atoms with Crippen LogP contribution in [0.3, 0.4) is 0 Å². The molecule has 0 aliphatic rings. The maximum Gasteiger partial charge on any atom is 0.0282 e. The van der Waals surface area contributed by atoms with Crippen molar-refractivity contribution in [2.75, 3.05) is 0 Å². The van der Waals surface area contributed by atoms with Crippen LogP contribution in [0.5, 0.6) is 0 Å². The Balaban J connectivity index is 3.68. The molecule has 0 fully saturated rings. The molecule has 1 nitrogen and oxygen atoms in total. The van der Waals surface area contributed by atoms with Gasteiger partial charge in [-0.2, -0.15) is 0 Å². The van der Waals surface area contributed by atoms with Crippen molar-refractivity contribution >= 4 is 5.71 Å². The quantitative estimate of drug-likeness (QED) is 0.484. The standard InChI is InChI=1S/C6H11N/c1-5(2)4-6(3)7/h4,7H,1-3H3. The summed E-state index contributed by atoms with van der Waals surface area (Å²) in [5.41, 5.74) is 1.81. The van der Waals surface area contributed by atoms with E-state index in [1.807, 2.05) is 19.9 Å². The molecule has 1 heteroatoms. The first kappa shape index (κ1) is 6.41. The molecule has 0 aromatic rings. The topological polar surface area (TPSA) is 23.9 Å². The molecule has 1 N–H and O–H groups in total. The molecule has 0 aliphatic heterocycles. The first-order valence-electron chi connectivity index (χ1n) is 2.33. The lowest BCUT2D eigenvalue weighted by Crippen LogP contribution is -1.78. The summed E-state index contributed by atoms with van der Waals surface area (Å²) >= 11 is 0. The van der Waals surface area contributed by atoms with Crippen molar-refractivity contribution in [2.24, 2.45) is 0 Å². The van der Waals surface area contributed by atoms with Crippen molar-refractivity contribution in [3.05, 3.63) is 11.6 Å². The second kappa shape index (κ2) is 2.56. The number of hydrogen-bond donors (Lipinski definition) is 1. The van der Waals surface area contributed by atoms with E-state index in [2.05, 4.69) is 0 Å². The van der Waals surface area contributed by atoms with E-state index in [0.717, 1.165) is 0 Å². The van der Waals surface area contributed by atoms with Crippen LogP contribution in [0.15, 0.2) is 11.6 Å². The van der Waals surface area contributed by atoms with Crippen LogP contribution in [-0.4, -0.2) is 5.71 Å². The van der Waals surface area contributed by atoms with Crippen molar-refractivity contribution in [3.63, 3.8) is 0 Å². The Kier molecular flexibility index (Phi) is 2.34. The lowest BCUT2D eigenvalue weighted by molar-refractivity contribution is 1.38. The molecule has 0 heterocycles. The third-order valence-electron chi connectivity index (χ3n) is 0.505. The van der Waals surface area contributed by atoms with Gasteiger partial charge in [0.25, 0.3) is 0 Å². The van der Waals surface area contributed by atoms with E-state index in [9.17, 15) is 0 Å². The van der Waals surface area contributed by atoms with E-state index in [1.54, 1.807) is 6.92 Å². The molecule has 7 heavy (non-hydrogen) atoms. The monoisotopic (exact) mass is 97.1 g/mol. The number of nitrogens with one attached hydrogen (secondary N) is 1. The molecule has 40 valence electrons. The molecule has 0 atom stereocenters. The van der Waals surface area contributed by atoms with Gasteiger partial charge in [-0.05, 0) is 26.8 Å². The largest absolute Gasteiger partial charge is 0.306 e. The lowest BCUT2D eigenvalue weighted by Gasteiger charge is -1.83. The first-order valence-corrected chi connectivity index (χ1v) is 2.33. The van der Waals surface area contributed by atoms with Gasteiger partial charge in [0.2, 0.25) is 0 Å². The molecule has 0 radical (unpaired) electrons. The van der Waals surface area contributed by atoms with Crippen molar-refractivity contribution in [1.82, 2.24) is 0 Å². The molecule has 0 amide bonds. The average molecular weight is 97.2 g/mol. The summed E-state index contributed by atoms with van der Waals surface area (Å²) < 4.78 is 0. The first-order chi connectivity index (χ1) is 3.13. The van der Waals surface area contributed by atoms with Gasteiger partial charge in [-0.25, -0.2) is 0 Å². The highest BCUT2D eigenvalue weighted by Crippen LogP contribution is 1.86. The Bertz CT molecular complexity index is 96.7. The minimum Gasteiger partial charge on any atom is -0.306 e. The fourth-order valence-electron chi connectivity index (χ4n) is 0.433. The van der Waals surface area contributed by atoms with Crippen molar-refractivity contribution < 1.29 is 0 Å². The van der Waals surface area contributed by atoms with E-state index in [1.165, 1.54) is 5.57 Å². The maximum absolute atomic E-state index is 6.95. The Hall–Kier alpha value is -0.590. The van der Waals surface area contributed by atoms with E-state index >= 15 is 0 Å². The predicted octanol–water partition coefficient (Wildman–Crippen LogP) is 1.99. The normalized spacial score (nSPS) is 7.86. The van der Waals surface area contributed by atoms with E-state index in [0.29, 0.717) is 5.71 Å². The van der Waals surface area contributed by atoms with Gasteiger partial charge in [-0.15, -0.1) is 0 Å². The van der Waals surface area contributed by atoms with Gasteiger partial charge >= 0.3 is 0 Å². The minimum atomic E-state index is 0.625. The van der Waals surface area contributed by atoms with Crippen molar-refractivity contribution in [1.29, 1.82) is 5.41 Å². The Morgan fingerprint density at radius 2 is 1.71 bits per heavy atom. The van der Waals surface area contributed by atoms with Crippen LogP contribution < -0.4 is 0 Å². The molecule has 0 aromatic heterocycles. The molecule has 0 spiro atoms. The molecule has 0 unspecified atom stereocenters. The van der Waals surface area contributed by atoms with Gasteiger partial charge in [0, 0.05) is 5.71 Å². The second-order valence-corrected chi connectivity index (χ2v) is 1.90. The maximum atomic E-state index is 6.95. The van der Waals surface area contributed by atoms with Crippen LogP contribution >= 0.6 is 0 Å².